The van der Waals surface area contributed by atoms with Gasteiger partial charge < -0.3 is 4.90 Å². The van der Waals surface area contributed by atoms with Crippen molar-refractivity contribution in [2.24, 2.45) is 0 Å². The molecule has 2 heterocycles. The average Bonchev–Trinajstić information content (AvgIpc) is 2.67. The van der Waals surface area contributed by atoms with Gasteiger partial charge in [-0.1, -0.05) is 23.7 Å². The third-order valence-electron chi connectivity index (χ3n) is 4.36. The van der Waals surface area contributed by atoms with E-state index in [1.54, 1.807) is 47.5 Å². The number of hydrogen-bond acceptors (Lipinski definition) is 4. The lowest BCUT2D eigenvalue weighted by molar-refractivity contribution is 0.0726. The highest BCUT2D eigenvalue weighted by Gasteiger charge is 2.32. The second-order valence-corrected chi connectivity index (χ2v) is 8.69. The topological polar surface area (TPSA) is 79.4 Å². The highest BCUT2D eigenvalue weighted by molar-refractivity contribution is 7.90. The molecule has 0 radical (unpaired) electrons. The quantitative estimate of drug-likeness (QED) is 0.846. The van der Waals surface area contributed by atoms with E-state index in [4.69, 9.17) is 11.6 Å². The summed E-state index contributed by atoms with van der Waals surface area (Å²) in [5.41, 5.74) is 1.12. The Morgan fingerprint density at radius 1 is 1.27 bits per heavy atom. The molecule has 1 aliphatic heterocycles. The van der Waals surface area contributed by atoms with E-state index in [9.17, 15) is 13.2 Å². The second-order valence-electron chi connectivity index (χ2n) is 6.21. The molecule has 3 rings (SSSR count). The van der Waals surface area contributed by atoms with Crippen LogP contribution in [0.25, 0.3) is 0 Å². The van der Waals surface area contributed by atoms with Crippen molar-refractivity contribution >= 4 is 27.5 Å². The third kappa shape index (κ3) is 4.60. The average molecular weight is 394 g/mol. The summed E-state index contributed by atoms with van der Waals surface area (Å²) in [4.78, 5) is 18.3. The molecule has 1 aliphatic rings. The van der Waals surface area contributed by atoms with Crippen molar-refractivity contribution in [1.82, 2.24) is 14.6 Å². The van der Waals surface area contributed by atoms with Crippen LogP contribution in [0.4, 0.5) is 0 Å². The number of carbonyl (C=O) groups is 1. The second kappa shape index (κ2) is 8.16. The van der Waals surface area contributed by atoms with Gasteiger partial charge in [0.25, 0.3) is 5.91 Å². The Morgan fingerprint density at radius 3 is 2.85 bits per heavy atom. The predicted octanol–water partition coefficient (Wildman–Crippen LogP) is 2.46. The number of aromatic nitrogens is 1. The number of benzene rings is 1. The number of pyridine rings is 1. The zero-order valence-corrected chi connectivity index (χ0v) is 15.7. The van der Waals surface area contributed by atoms with Crippen LogP contribution in [0.5, 0.6) is 0 Å². The van der Waals surface area contributed by atoms with Crippen LogP contribution in [-0.4, -0.2) is 42.5 Å². The first-order valence-electron chi connectivity index (χ1n) is 8.39. The number of nitrogens with one attached hydrogen (secondary N) is 1. The highest BCUT2D eigenvalue weighted by atomic mass is 35.5. The smallest absolute Gasteiger partial charge is 0.253 e. The van der Waals surface area contributed by atoms with Crippen molar-refractivity contribution in [3.8, 4) is 0 Å². The minimum absolute atomic E-state index is 0.141. The van der Waals surface area contributed by atoms with Gasteiger partial charge in [-0.05, 0) is 43.2 Å². The van der Waals surface area contributed by atoms with Gasteiger partial charge in [-0.15, -0.1) is 0 Å². The first kappa shape index (κ1) is 18.8. The number of amides is 1. The van der Waals surface area contributed by atoms with Crippen LogP contribution in [0.3, 0.4) is 0 Å². The minimum Gasteiger partial charge on any atom is -0.337 e. The van der Waals surface area contributed by atoms with Crippen LogP contribution >= 0.6 is 11.6 Å². The van der Waals surface area contributed by atoms with E-state index in [0.717, 1.165) is 0 Å². The Hall–Kier alpha value is -1.96. The van der Waals surface area contributed by atoms with Gasteiger partial charge in [0.15, 0.2) is 0 Å². The summed E-state index contributed by atoms with van der Waals surface area (Å²) in [5.74, 6) is -0.197. The zero-order chi connectivity index (χ0) is 18.6. The summed E-state index contributed by atoms with van der Waals surface area (Å²) in [7, 11) is -3.55. The maximum atomic E-state index is 12.6. The van der Waals surface area contributed by atoms with E-state index >= 15 is 0 Å². The van der Waals surface area contributed by atoms with Gasteiger partial charge in [-0.2, -0.15) is 0 Å². The van der Waals surface area contributed by atoms with Gasteiger partial charge in [0, 0.05) is 29.9 Å². The van der Waals surface area contributed by atoms with Crippen molar-refractivity contribution in [3.63, 3.8) is 0 Å². The number of likely N-dealkylation sites (tertiary alicyclic amines) is 1. The summed E-state index contributed by atoms with van der Waals surface area (Å²) >= 11 is 5.95. The van der Waals surface area contributed by atoms with E-state index in [1.165, 1.54) is 0 Å². The minimum atomic E-state index is -3.55. The maximum absolute atomic E-state index is 12.6. The van der Waals surface area contributed by atoms with Crippen molar-refractivity contribution in [3.05, 3.63) is 64.9 Å². The number of halogens is 1. The fraction of sp³-hybridized carbons (Fsp3) is 0.333. The van der Waals surface area contributed by atoms with Gasteiger partial charge in [0.1, 0.15) is 0 Å². The summed E-state index contributed by atoms with van der Waals surface area (Å²) in [5, 5.41) is -0.155. The Bertz CT molecular complexity index is 874. The molecular formula is C18H20ClN3O3S. The van der Waals surface area contributed by atoms with Gasteiger partial charge >= 0.3 is 0 Å². The largest absolute Gasteiger partial charge is 0.337 e. The van der Waals surface area contributed by atoms with Crippen molar-refractivity contribution in [2.45, 2.75) is 24.6 Å². The first-order valence-corrected chi connectivity index (χ1v) is 10.3. The molecule has 0 saturated carbocycles. The molecule has 138 valence electrons. The van der Waals surface area contributed by atoms with Crippen LogP contribution in [0.15, 0.2) is 48.7 Å². The van der Waals surface area contributed by atoms with Gasteiger partial charge in [0.2, 0.25) is 10.0 Å². The van der Waals surface area contributed by atoms with Crippen LogP contribution in [0, 0.1) is 0 Å². The molecule has 26 heavy (non-hydrogen) atoms. The molecule has 1 aromatic carbocycles. The third-order valence-corrected chi connectivity index (χ3v) is 6.40. The number of rotatable bonds is 5. The van der Waals surface area contributed by atoms with Gasteiger partial charge in [-0.25, -0.2) is 13.1 Å². The predicted molar refractivity (Wildman–Crippen MR) is 100 cm³/mol. The molecule has 0 bridgehead atoms. The SMILES string of the molecule is O=C(c1cccc(Cl)c1)N1CCCC(S(=O)(=O)NCc2ccccn2)C1. The number of sulfonamides is 1. The van der Waals surface area contributed by atoms with Gasteiger partial charge in [0.05, 0.1) is 17.5 Å². The Morgan fingerprint density at radius 2 is 2.12 bits per heavy atom. The molecule has 8 heteroatoms. The first-order chi connectivity index (χ1) is 12.5. The molecule has 1 atom stereocenters. The molecule has 0 spiro atoms. The summed E-state index contributed by atoms with van der Waals surface area (Å²) in [6.07, 6.45) is 2.79. The Kier molecular flexibility index (Phi) is 5.90. The normalized spacial score (nSPS) is 17.9. The number of hydrogen-bond donors (Lipinski definition) is 1. The Balaban J connectivity index is 1.66. The standard InChI is InChI=1S/C18H20ClN3O3S/c19-15-6-3-5-14(11-15)18(23)22-10-4-8-17(13-22)26(24,25)21-12-16-7-1-2-9-20-16/h1-3,5-7,9,11,17,21H,4,8,10,12-13H2. The van der Waals surface area contributed by atoms with Crippen molar-refractivity contribution < 1.29 is 13.2 Å². The van der Waals surface area contributed by atoms with E-state index in [1.807, 2.05) is 6.07 Å². The summed E-state index contributed by atoms with van der Waals surface area (Å²) in [6.45, 7) is 0.850. The molecule has 1 amide bonds. The molecule has 0 aliphatic carbocycles. The van der Waals surface area contributed by atoms with E-state index in [0.29, 0.717) is 35.7 Å². The fourth-order valence-corrected chi connectivity index (χ4v) is 4.60. The highest BCUT2D eigenvalue weighted by Crippen LogP contribution is 2.20. The zero-order valence-electron chi connectivity index (χ0n) is 14.1. The van der Waals surface area contributed by atoms with Crippen LogP contribution < -0.4 is 4.72 Å². The van der Waals surface area contributed by atoms with Crippen LogP contribution in [0.2, 0.25) is 5.02 Å². The summed E-state index contributed by atoms with van der Waals surface area (Å²) < 4.78 is 27.8. The molecule has 2 aromatic rings. The molecule has 1 fully saturated rings. The molecular weight excluding hydrogens is 374 g/mol. The van der Waals surface area contributed by atoms with E-state index in [-0.39, 0.29) is 19.0 Å². The van der Waals surface area contributed by atoms with Crippen molar-refractivity contribution in [2.75, 3.05) is 13.1 Å². The molecule has 1 N–H and O–H groups in total. The number of nitrogens with zero attached hydrogens (tertiary/aromatic N) is 2. The van der Waals surface area contributed by atoms with Crippen LogP contribution in [-0.2, 0) is 16.6 Å². The summed E-state index contributed by atoms with van der Waals surface area (Å²) in [6, 6.07) is 12.0. The maximum Gasteiger partial charge on any atom is 0.253 e. The molecule has 6 nitrogen and oxygen atoms in total. The number of carbonyl (C=O) groups excluding carboxylic acids is 1. The lowest BCUT2D eigenvalue weighted by Crippen LogP contribution is -2.48. The molecule has 1 aromatic heterocycles. The van der Waals surface area contributed by atoms with E-state index < -0.39 is 15.3 Å². The lowest BCUT2D eigenvalue weighted by atomic mass is 10.1. The van der Waals surface area contributed by atoms with Crippen molar-refractivity contribution in [1.29, 1.82) is 0 Å². The molecule has 1 saturated heterocycles. The van der Waals surface area contributed by atoms with E-state index in [2.05, 4.69) is 9.71 Å². The lowest BCUT2D eigenvalue weighted by Gasteiger charge is -2.32. The number of piperidine rings is 1. The van der Waals surface area contributed by atoms with Gasteiger partial charge in [-0.3, -0.25) is 9.78 Å². The monoisotopic (exact) mass is 393 g/mol. The fourth-order valence-electron chi connectivity index (χ4n) is 2.98. The molecule has 1 unspecified atom stereocenters. The Labute approximate surface area is 158 Å². The van der Waals surface area contributed by atoms with Crippen LogP contribution in [0.1, 0.15) is 28.9 Å².